The topological polar surface area (TPSA) is 54.9 Å². The van der Waals surface area contributed by atoms with Crippen molar-refractivity contribution in [3.8, 4) is 0 Å². The minimum Gasteiger partial charge on any atom is -0.381 e. The molecule has 1 aliphatic rings. The lowest BCUT2D eigenvalue weighted by Crippen LogP contribution is -2.38. The number of rotatable bonds is 11. The molecular weight excluding hydrogens is 473 g/mol. The van der Waals surface area contributed by atoms with Crippen LogP contribution in [0.15, 0.2) is 34.2 Å². The molecule has 2 N–H and O–H groups in total. The van der Waals surface area contributed by atoms with Gasteiger partial charge < -0.3 is 20.1 Å². The van der Waals surface area contributed by atoms with Gasteiger partial charge in [-0.25, -0.2) is 0 Å². The summed E-state index contributed by atoms with van der Waals surface area (Å²) in [7, 11) is 0. The number of ether oxygens (including phenoxy) is 2. The summed E-state index contributed by atoms with van der Waals surface area (Å²) >= 11 is 1.86. The zero-order valence-corrected chi connectivity index (χ0v) is 19.7. The molecule has 0 spiro atoms. The SMILES string of the molecule is CCNC(=NCCCOCC1CCOC1)NCCSc1ccc(C)cc1.I. The van der Waals surface area contributed by atoms with E-state index in [1.54, 1.807) is 0 Å². The molecule has 0 aliphatic carbocycles. The lowest BCUT2D eigenvalue weighted by molar-refractivity contribution is 0.0893. The minimum absolute atomic E-state index is 0. The highest BCUT2D eigenvalue weighted by Crippen LogP contribution is 2.17. The third-order valence-electron chi connectivity index (χ3n) is 4.12. The zero-order chi connectivity index (χ0) is 18.5. The summed E-state index contributed by atoms with van der Waals surface area (Å²) < 4.78 is 11.1. The molecule has 1 fully saturated rings. The van der Waals surface area contributed by atoms with Crippen LogP contribution in [-0.4, -0.2) is 57.8 Å². The van der Waals surface area contributed by atoms with Crippen LogP contribution in [0.5, 0.6) is 0 Å². The van der Waals surface area contributed by atoms with E-state index >= 15 is 0 Å². The van der Waals surface area contributed by atoms with E-state index in [2.05, 4.69) is 53.7 Å². The Kier molecular flexibility index (Phi) is 14.0. The summed E-state index contributed by atoms with van der Waals surface area (Å²) in [5.41, 5.74) is 1.30. The average molecular weight is 507 g/mol. The number of hydrogen-bond acceptors (Lipinski definition) is 4. The number of aliphatic imine (C=N–C) groups is 1. The van der Waals surface area contributed by atoms with Gasteiger partial charge in [0.25, 0.3) is 0 Å². The second-order valence-corrected chi connectivity index (χ2v) is 7.68. The molecule has 0 saturated carbocycles. The zero-order valence-electron chi connectivity index (χ0n) is 16.5. The van der Waals surface area contributed by atoms with Crippen molar-refractivity contribution in [1.82, 2.24) is 10.6 Å². The van der Waals surface area contributed by atoms with Crippen molar-refractivity contribution in [2.75, 3.05) is 51.8 Å². The minimum atomic E-state index is 0. The number of nitrogens with one attached hydrogen (secondary N) is 2. The van der Waals surface area contributed by atoms with E-state index in [-0.39, 0.29) is 24.0 Å². The summed E-state index contributed by atoms with van der Waals surface area (Å²) in [5.74, 6) is 2.49. The van der Waals surface area contributed by atoms with Crippen LogP contribution in [0.25, 0.3) is 0 Å². The fourth-order valence-corrected chi connectivity index (χ4v) is 3.41. The van der Waals surface area contributed by atoms with E-state index in [1.165, 1.54) is 10.5 Å². The van der Waals surface area contributed by atoms with E-state index in [4.69, 9.17) is 9.47 Å². The Balaban J connectivity index is 0.00000364. The predicted octanol–water partition coefficient (Wildman–Crippen LogP) is 3.70. The van der Waals surface area contributed by atoms with Crippen LogP contribution in [0.3, 0.4) is 0 Å². The van der Waals surface area contributed by atoms with Crippen LogP contribution < -0.4 is 10.6 Å². The lowest BCUT2D eigenvalue weighted by Gasteiger charge is -2.11. The molecule has 1 aromatic carbocycles. The maximum atomic E-state index is 5.72. The molecule has 0 bridgehead atoms. The summed E-state index contributed by atoms with van der Waals surface area (Å²) in [4.78, 5) is 5.93. The third-order valence-corrected chi connectivity index (χ3v) is 5.14. The van der Waals surface area contributed by atoms with Crippen LogP contribution in [0, 0.1) is 12.8 Å². The first-order valence-electron chi connectivity index (χ1n) is 9.65. The van der Waals surface area contributed by atoms with Gasteiger partial charge in [-0.15, -0.1) is 35.7 Å². The smallest absolute Gasteiger partial charge is 0.191 e. The van der Waals surface area contributed by atoms with E-state index in [1.807, 2.05) is 11.8 Å². The molecule has 1 heterocycles. The highest BCUT2D eigenvalue weighted by Gasteiger charge is 2.15. The largest absolute Gasteiger partial charge is 0.381 e. The Morgan fingerprint density at radius 1 is 1.30 bits per heavy atom. The van der Waals surface area contributed by atoms with Crippen molar-refractivity contribution in [3.05, 3.63) is 29.8 Å². The first-order chi connectivity index (χ1) is 12.8. The standard InChI is InChI=1S/C20H33N3O2S.HI/c1-3-21-20(22-10-4-12-24-15-18-9-13-25-16-18)23-11-14-26-19-7-5-17(2)6-8-19;/h5-8,18H,3-4,9-16H2,1-2H3,(H2,21,22,23);1H. The number of halogens is 1. The van der Waals surface area contributed by atoms with Gasteiger partial charge in [0.15, 0.2) is 5.96 Å². The fraction of sp³-hybridized carbons (Fsp3) is 0.650. The lowest BCUT2D eigenvalue weighted by atomic mass is 10.1. The molecule has 154 valence electrons. The van der Waals surface area contributed by atoms with Gasteiger partial charge in [-0.05, 0) is 38.8 Å². The van der Waals surface area contributed by atoms with Crippen molar-refractivity contribution in [2.45, 2.75) is 31.6 Å². The predicted molar refractivity (Wildman–Crippen MR) is 126 cm³/mol. The highest BCUT2D eigenvalue weighted by atomic mass is 127. The monoisotopic (exact) mass is 507 g/mol. The van der Waals surface area contributed by atoms with Crippen LogP contribution in [0.2, 0.25) is 0 Å². The molecule has 0 amide bonds. The van der Waals surface area contributed by atoms with Crippen molar-refractivity contribution >= 4 is 41.7 Å². The summed E-state index contributed by atoms with van der Waals surface area (Å²) in [6, 6.07) is 8.67. The first-order valence-corrected chi connectivity index (χ1v) is 10.6. The van der Waals surface area contributed by atoms with Gasteiger partial charge in [0.1, 0.15) is 0 Å². The Labute approximate surface area is 185 Å². The first kappa shape index (κ1) is 24.5. The summed E-state index contributed by atoms with van der Waals surface area (Å²) in [5, 5.41) is 6.70. The molecule has 1 unspecified atom stereocenters. The van der Waals surface area contributed by atoms with Crippen molar-refractivity contribution in [1.29, 1.82) is 0 Å². The number of guanidine groups is 1. The molecular formula is C20H34IN3O2S. The Hall–Kier alpha value is -0.510. The fourth-order valence-electron chi connectivity index (χ4n) is 2.64. The van der Waals surface area contributed by atoms with E-state index in [9.17, 15) is 0 Å². The summed E-state index contributed by atoms with van der Waals surface area (Å²) in [6.07, 6.45) is 2.08. The van der Waals surface area contributed by atoms with Crippen LogP contribution >= 0.6 is 35.7 Å². The van der Waals surface area contributed by atoms with Crippen LogP contribution in [0.4, 0.5) is 0 Å². The van der Waals surface area contributed by atoms with Crippen LogP contribution in [0.1, 0.15) is 25.3 Å². The molecule has 1 aromatic rings. The number of hydrogen-bond donors (Lipinski definition) is 2. The van der Waals surface area contributed by atoms with Gasteiger partial charge in [0.05, 0.1) is 13.2 Å². The molecule has 1 saturated heterocycles. The molecule has 5 nitrogen and oxygen atoms in total. The Morgan fingerprint density at radius 2 is 2.11 bits per heavy atom. The maximum Gasteiger partial charge on any atom is 0.191 e. The van der Waals surface area contributed by atoms with E-state index < -0.39 is 0 Å². The number of benzene rings is 1. The van der Waals surface area contributed by atoms with Gasteiger partial charge in [-0.3, -0.25) is 4.99 Å². The van der Waals surface area contributed by atoms with Gasteiger partial charge in [0.2, 0.25) is 0 Å². The second-order valence-electron chi connectivity index (χ2n) is 6.51. The summed E-state index contributed by atoms with van der Waals surface area (Å²) in [6.45, 7) is 10.1. The molecule has 0 aromatic heterocycles. The molecule has 2 rings (SSSR count). The molecule has 1 atom stereocenters. The number of aryl methyl sites for hydroxylation is 1. The van der Waals surface area contributed by atoms with Gasteiger partial charge in [-0.2, -0.15) is 0 Å². The molecule has 27 heavy (non-hydrogen) atoms. The maximum absolute atomic E-state index is 5.72. The van der Waals surface area contributed by atoms with Crippen molar-refractivity contribution in [2.24, 2.45) is 10.9 Å². The number of nitrogens with zero attached hydrogens (tertiary/aromatic N) is 1. The normalized spacial score (nSPS) is 16.8. The van der Waals surface area contributed by atoms with Crippen molar-refractivity contribution in [3.63, 3.8) is 0 Å². The molecule has 7 heteroatoms. The van der Waals surface area contributed by atoms with Gasteiger partial charge in [0, 0.05) is 49.4 Å². The van der Waals surface area contributed by atoms with Crippen molar-refractivity contribution < 1.29 is 9.47 Å². The van der Waals surface area contributed by atoms with Crippen LogP contribution in [-0.2, 0) is 9.47 Å². The Morgan fingerprint density at radius 3 is 2.81 bits per heavy atom. The quantitative estimate of drug-likeness (QED) is 0.157. The average Bonchev–Trinajstić information content (AvgIpc) is 3.16. The Bertz CT molecular complexity index is 522. The van der Waals surface area contributed by atoms with Gasteiger partial charge in [-0.1, -0.05) is 17.7 Å². The molecule has 0 radical (unpaired) electrons. The van der Waals surface area contributed by atoms with Gasteiger partial charge >= 0.3 is 0 Å². The van der Waals surface area contributed by atoms with E-state index in [0.717, 1.165) is 70.6 Å². The third kappa shape index (κ3) is 11.2. The molecule has 1 aliphatic heterocycles. The second kappa shape index (κ2) is 15.4. The number of thioether (sulfide) groups is 1. The highest BCUT2D eigenvalue weighted by molar-refractivity contribution is 14.0. The van der Waals surface area contributed by atoms with E-state index in [0.29, 0.717) is 5.92 Å².